The molecule has 0 rings (SSSR count). The molecule has 0 aliphatic heterocycles. The number of nitrogens with one attached hydrogen (secondary N) is 1. The van der Waals surface area contributed by atoms with Gasteiger partial charge in [0, 0.05) is 12.5 Å². The summed E-state index contributed by atoms with van der Waals surface area (Å²) in [4.78, 5) is 11.1. The Morgan fingerprint density at radius 2 is 1.93 bits per heavy atom. The number of carbonyl (C=O) groups is 1. The third kappa shape index (κ3) is 7.76. The molecule has 0 heterocycles. The van der Waals surface area contributed by atoms with Crippen molar-refractivity contribution in [3.05, 3.63) is 0 Å². The van der Waals surface area contributed by atoms with Crippen molar-refractivity contribution in [3.63, 3.8) is 0 Å². The summed E-state index contributed by atoms with van der Waals surface area (Å²) >= 11 is 0. The molecule has 0 radical (unpaired) electrons. The number of alkyl halides is 2. The van der Waals surface area contributed by atoms with Crippen LogP contribution >= 0.6 is 0 Å². The first-order valence-electron chi connectivity index (χ1n) is 4.48. The number of carbonyl (C=O) groups excluding carboxylic acids is 1. The van der Waals surface area contributed by atoms with E-state index in [1.54, 1.807) is 20.8 Å². The lowest BCUT2D eigenvalue weighted by Gasteiger charge is -2.21. The average molecular weight is 209 g/mol. The largest absolute Gasteiger partial charge is 0.444 e. The summed E-state index contributed by atoms with van der Waals surface area (Å²) in [6, 6.07) is -0.579. The zero-order chi connectivity index (χ0) is 11.4. The summed E-state index contributed by atoms with van der Waals surface area (Å²) in [7, 11) is 0. The second kappa shape index (κ2) is 5.12. The lowest BCUT2D eigenvalue weighted by molar-refractivity contribution is 0.0481. The molecule has 0 saturated heterocycles. The third-order valence-electron chi connectivity index (χ3n) is 1.29. The summed E-state index contributed by atoms with van der Waals surface area (Å²) < 4.78 is 28.7. The molecule has 0 bridgehead atoms. The quantitative estimate of drug-likeness (QED) is 0.775. The Morgan fingerprint density at radius 1 is 1.43 bits per heavy atom. The average Bonchev–Trinajstić information content (AvgIpc) is 1.77. The number of hydrogen-bond donors (Lipinski definition) is 1. The van der Waals surface area contributed by atoms with Crippen LogP contribution in [0.25, 0.3) is 0 Å². The minimum Gasteiger partial charge on any atom is -0.444 e. The van der Waals surface area contributed by atoms with Gasteiger partial charge in [-0.3, -0.25) is 0 Å². The maximum Gasteiger partial charge on any atom is 0.407 e. The van der Waals surface area contributed by atoms with Crippen LogP contribution in [0.4, 0.5) is 13.6 Å². The van der Waals surface area contributed by atoms with Crippen LogP contribution in [0.2, 0.25) is 0 Å². The van der Waals surface area contributed by atoms with E-state index in [0.717, 1.165) is 0 Å². The highest BCUT2D eigenvalue weighted by Crippen LogP contribution is 2.08. The molecule has 0 aromatic carbocycles. The molecule has 0 saturated carbocycles. The van der Waals surface area contributed by atoms with E-state index in [1.807, 2.05) is 0 Å². The van der Waals surface area contributed by atoms with Crippen molar-refractivity contribution in [1.82, 2.24) is 5.32 Å². The third-order valence-corrected chi connectivity index (χ3v) is 1.29. The molecule has 1 N–H and O–H groups in total. The van der Waals surface area contributed by atoms with Gasteiger partial charge in [-0.05, 0) is 27.7 Å². The second-order valence-corrected chi connectivity index (χ2v) is 4.17. The molecule has 3 nitrogen and oxygen atoms in total. The molecule has 0 fully saturated rings. The van der Waals surface area contributed by atoms with E-state index in [1.165, 1.54) is 6.92 Å². The topological polar surface area (TPSA) is 38.3 Å². The van der Waals surface area contributed by atoms with Crippen LogP contribution in [-0.4, -0.2) is 24.2 Å². The van der Waals surface area contributed by atoms with Gasteiger partial charge in [0.05, 0.1) is 0 Å². The van der Waals surface area contributed by atoms with Gasteiger partial charge in [0.15, 0.2) is 0 Å². The number of hydrogen-bond acceptors (Lipinski definition) is 2. The van der Waals surface area contributed by atoms with E-state index < -0.39 is 24.2 Å². The van der Waals surface area contributed by atoms with Crippen molar-refractivity contribution in [2.75, 3.05) is 0 Å². The summed E-state index contributed by atoms with van der Waals surface area (Å²) in [5.41, 5.74) is -0.603. The lowest BCUT2D eigenvalue weighted by atomic mass is 10.2. The smallest absolute Gasteiger partial charge is 0.407 e. The summed E-state index contributed by atoms with van der Waals surface area (Å²) in [5.74, 6) is 0. The summed E-state index contributed by atoms with van der Waals surface area (Å²) in [6.07, 6.45) is -3.44. The molecule has 0 aliphatic carbocycles. The van der Waals surface area contributed by atoms with Crippen molar-refractivity contribution >= 4 is 6.09 Å². The molecular formula is C9H17F2NO2. The molecule has 84 valence electrons. The van der Waals surface area contributed by atoms with Crippen LogP contribution < -0.4 is 5.32 Å². The van der Waals surface area contributed by atoms with Gasteiger partial charge in [-0.15, -0.1) is 0 Å². The molecule has 14 heavy (non-hydrogen) atoms. The first-order chi connectivity index (χ1) is 6.20. The molecule has 0 spiro atoms. The van der Waals surface area contributed by atoms with Crippen LogP contribution in [0.1, 0.15) is 34.1 Å². The molecule has 5 heteroatoms. The number of alkyl carbamates (subject to hydrolysis) is 1. The van der Waals surface area contributed by atoms with Crippen LogP contribution in [0.3, 0.4) is 0 Å². The normalized spacial score (nSPS) is 13.9. The Kier molecular flexibility index (Phi) is 4.80. The molecule has 1 atom stereocenters. The van der Waals surface area contributed by atoms with Crippen molar-refractivity contribution in [1.29, 1.82) is 0 Å². The van der Waals surface area contributed by atoms with E-state index in [2.05, 4.69) is 5.32 Å². The fraction of sp³-hybridized carbons (Fsp3) is 0.889. The second-order valence-electron chi connectivity index (χ2n) is 4.17. The SMILES string of the molecule is CC(CC(F)F)NC(=O)OC(C)(C)C. The standard InChI is InChI=1S/C9H17F2NO2/c1-6(5-7(10)11)12-8(13)14-9(2,3)4/h6-7H,5H2,1-4H3,(H,12,13). The van der Waals surface area contributed by atoms with Crippen LogP contribution in [-0.2, 0) is 4.74 Å². The molecule has 0 aromatic rings. The molecule has 1 amide bonds. The molecule has 0 aromatic heterocycles. The molecule has 0 aliphatic rings. The van der Waals surface area contributed by atoms with Gasteiger partial charge >= 0.3 is 6.09 Å². The predicted octanol–water partition coefficient (Wildman–Crippen LogP) is 2.55. The van der Waals surface area contributed by atoms with E-state index in [4.69, 9.17) is 4.74 Å². The number of ether oxygens (including phenoxy) is 1. The van der Waals surface area contributed by atoms with Crippen LogP contribution in [0.5, 0.6) is 0 Å². The van der Waals surface area contributed by atoms with Crippen molar-refractivity contribution in [2.45, 2.75) is 52.2 Å². The Hall–Kier alpha value is -0.870. The summed E-state index contributed by atoms with van der Waals surface area (Å²) in [6.45, 7) is 6.65. The highest BCUT2D eigenvalue weighted by molar-refractivity contribution is 5.67. The Morgan fingerprint density at radius 3 is 2.29 bits per heavy atom. The first-order valence-corrected chi connectivity index (χ1v) is 4.48. The highest BCUT2D eigenvalue weighted by atomic mass is 19.3. The van der Waals surface area contributed by atoms with Gasteiger partial charge in [-0.2, -0.15) is 0 Å². The van der Waals surface area contributed by atoms with Crippen LogP contribution in [0.15, 0.2) is 0 Å². The minimum atomic E-state index is -2.42. The predicted molar refractivity (Wildman–Crippen MR) is 49.5 cm³/mol. The van der Waals surface area contributed by atoms with Crippen molar-refractivity contribution < 1.29 is 18.3 Å². The molecular weight excluding hydrogens is 192 g/mol. The van der Waals surface area contributed by atoms with Gasteiger partial charge in [-0.1, -0.05) is 0 Å². The monoisotopic (exact) mass is 209 g/mol. The van der Waals surface area contributed by atoms with Gasteiger partial charge < -0.3 is 10.1 Å². The van der Waals surface area contributed by atoms with E-state index in [-0.39, 0.29) is 6.42 Å². The van der Waals surface area contributed by atoms with E-state index in [9.17, 15) is 13.6 Å². The molecule has 1 unspecified atom stereocenters. The maximum absolute atomic E-state index is 11.9. The van der Waals surface area contributed by atoms with Crippen molar-refractivity contribution in [2.24, 2.45) is 0 Å². The Bertz CT molecular complexity index is 190. The zero-order valence-corrected chi connectivity index (χ0v) is 8.93. The van der Waals surface area contributed by atoms with Gasteiger partial charge in [0.25, 0.3) is 0 Å². The Balaban J connectivity index is 3.83. The number of rotatable bonds is 3. The Labute approximate surface area is 82.8 Å². The minimum absolute atomic E-state index is 0.362. The maximum atomic E-state index is 11.9. The highest BCUT2D eigenvalue weighted by Gasteiger charge is 2.19. The van der Waals surface area contributed by atoms with E-state index >= 15 is 0 Å². The summed E-state index contributed by atoms with van der Waals surface area (Å²) in [5, 5.41) is 2.33. The lowest BCUT2D eigenvalue weighted by Crippen LogP contribution is -2.38. The van der Waals surface area contributed by atoms with Crippen LogP contribution in [0, 0.1) is 0 Å². The fourth-order valence-corrected chi connectivity index (χ4v) is 0.835. The van der Waals surface area contributed by atoms with Gasteiger partial charge in [-0.25, -0.2) is 13.6 Å². The first kappa shape index (κ1) is 13.1. The number of amides is 1. The van der Waals surface area contributed by atoms with Gasteiger partial charge in [0.1, 0.15) is 5.60 Å². The number of halogens is 2. The van der Waals surface area contributed by atoms with Gasteiger partial charge in [0.2, 0.25) is 6.43 Å². The van der Waals surface area contributed by atoms with Crippen molar-refractivity contribution in [3.8, 4) is 0 Å². The fourth-order valence-electron chi connectivity index (χ4n) is 0.835. The zero-order valence-electron chi connectivity index (χ0n) is 8.93. The van der Waals surface area contributed by atoms with E-state index in [0.29, 0.717) is 0 Å².